The van der Waals surface area contributed by atoms with Crippen LogP contribution in [0.25, 0.3) is 0 Å². The Morgan fingerprint density at radius 3 is 2.13 bits per heavy atom. The van der Waals surface area contributed by atoms with Crippen LogP contribution in [0.15, 0.2) is 47.4 Å². The van der Waals surface area contributed by atoms with Crippen molar-refractivity contribution in [3.8, 4) is 11.5 Å². The number of nitrogens with two attached hydrogens (primary N) is 1. The molecule has 2 atom stereocenters. The fraction of sp³-hybridized carbons (Fsp3) is 0.381. The van der Waals surface area contributed by atoms with E-state index in [0.29, 0.717) is 24.7 Å². The van der Waals surface area contributed by atoms with Gasteiger partial charge in [0.05, 0.1) is 17.0 Å². The molecule has 1 aliphatic rings. The molecule has 0 fully saturated rings. The maximum Gasteiger partial charge on any atom is 0.315 e. The minimum atomic E-state index is -3.75. The van der Waals surface area contributed by atoms with Crippen LogP contribution in [-0.2, 0) is 10.0 Å². The van der Waals surface area contributed by atoms with E-state index in [4.69, 9.17) is 14.6 Å². The van der Waals surface area contributed by atoms with Crippen molar-refractivity contribution in [1.82, 2.24) is 10.6 Å². The van der Waals surface area contributed by atoms with Crippen LogP contribution >= 0.6 is 0 Å². The molecule has 0 aliphatic carbocycles. The monoisotopic (exact) mass is 433 g/mol. The lowest BCUT2D eigenvalue weighted by Crippen LogP contribution is -2.40. The summed E-state index contributed by atoms with van der Waals surface area (Å²) in [6.07, 6.45) is 0. The number of sulfonamides is 1. The van der Waals surface area contributed by atoms with Crippen LogP contribution in [-0.4, -0.2) is 27.7 Å². The number of carbonyl (C=O) groups is 1. The highest BCUT2D eigenvalue weighted by Gasteiger charge is 2.22. The molecule has 1 heterocycles. The van der Waals surface area contributed by atoms with Crippen LogP contribution in [0.1, 0.15) is 44.0 Å². The second kappa shape index (κ2) is 8.93. The lowest BCUT2D eigenvalue weighted by Gasteiger charge is -2.26. The molecule has 3 rings (SSSR count). The minimum absolute atomic E-state index is 0.0291. The van der Waals surface area contributed by atoms with Gasteiger partial charge in [0.25, 0.3) is 0 Å². The fourth-order valence-electron chi connectivity index (χ4n) is 3.30. The van der Waals surface area contributed by atoms with Gasteiger partial charge in [-0.1, -0.05) is 32.0 Å². The molecule has 0 radical (unpaired) electrons. The van der Waals surface area contributed by atoms with Gasteiger partial charge in [0.1, 0.15) is 13.2 Å². The Bertz CT molecular complexity index is 1010. The number of fused-ring (bicyclic) bond motifs is 1. The van der Waals surface area contributed by atoms with Crippen LogP contribution in [0, 0.1) is 5.92 Å². The van der Waals surface area contributed by atoms with Gasteiger partial charge in [0.15, 0.2) is 11.5 Å². The molecule has 9 heteroatoms. The van der Waals surface area contributed by atoms with Crippen LogP contribution in [0.3, 0.4) is 0 Å². The molecular formula is C21H27N3O5S. The van der Waals surface area contributed by atoms with E-state index in [2.05, 4.69) is 10.6 Å². The van der Waals surface area contributed by atoms with E-state index in [1.165, 1.54) is 12.1 Å². The number of urea groups is 1. The minimum Gasteiger partial charge on any atom is -0.486 e. The van der Waals surface area contributed by atoms with E-state index >= 15 is 0 Å². The Labute approximate surface area is 176 Å². The van der Waals surface area contributed by atoms with E-state index < -0.39 is 10.0 Å². The van der Waals surface area contributed by atoms with Gasteiger partial charge in [-0.15, -0.1) is 0 Å². The molecule has 0 bridgehead atoms. The van der Waals surface area contributed by atoms with Gasteiger partial charge in [0, 0.05) is 0 Å². The number of nitrogens with one attached hydrogen (secondary N) is 2. The second-order valence-electron chi connectivity index (χ2n) is 7.58. The summed E-state index contributed by atoms with van der Waals surface area (Å²) in [5.41, 5.74) is 1.69. The zero-order valence-corrected chi connectivity index (χ0v) is 18.0. The van der Waals surface area contributed by atoms with Crippen molar-refractivity contribution in [2.45, 2.75) is 37.8 Å². The molecule has 4 N–H and O–H groups in total. The summed E-state index contributed by atoms with van der Waals surface area (Å²) in [5.74, 6) is 1.52. The molecule has 8 nitrogen and oxygen atoms in total. The normalized spacial score (nSPS) is 15.4. The van der Waals surface area contributed by atoms with Crippen molar-refractivity contribution in [3.63, 3.8) is 0 Å². The predicted molar refractivity (Wildman–Crippen MR) is 113 cm³/mol. The smallest absolute Gasteiger partial charge is 0.315 e. The third-order valence-corrected chi connectivity index (χ3v) is 5.86. The number of rotatable bonds is 6. The van der Waals surface area contributed by atoms with E-state index in [-0.39, 0.29) is 28.9 Å². The Balaban J connectivity index is 1.68. The van der Waals surface area contributed by atoms with E-state index in [1.807, 2.05) is 39.0 Å². The Morgan fingerprint density at radius 1 is 0.933 bits per heavy atom. The standard InChI is InChI=1S/C21H27N3O5S/c1-13(2)20(16-6-9-18-19(12-16)29-11-10-28-18)24-21(25)23-14(3)15-4-7-17(8-5-15)30(22,26)27/h4-9,12-14,20H,10-11H2,1-3H3,(H2,22,26,27)(H2,23,24,25)/t14-,20+/m0/s1. The molecule has 0 spiro atoms. The first kappa shape index (κ1) is 21.9. The third-order valence-electron chi connectivity index (χ3n) is 4.93. The number of hydrogen-bond donors (Lipinski definition) is 3. The highest BCUT2D eigenvalue weighted by atomic mass is 32.2. The van der Waals surface area contributed by atoms with Crippen molar-refractivity contribution in [3.05, 3.63) is 53.6 Å². The maximum atomic E-state index is 12.6. The van der Waals surface area contributed by atoms with Crippen LogP contribution in [0.2, 0.25) is 0 Å². The predicted octanol–water partition coefficient (Wildman–Crippen LogP) is 2.86. The highest BCUT2D eigenvalue weighted by Crippen LogP contribution is 2.34. The van der Waals surface area contributed by atoms with Gasteiger partial charge in [-0.25, -0.2) is 18.4 Å². The van der Waals surface area contributed by atoms with Crippen molar-refractivity contribution in [2.75, 3.05) is 13.2 Å². The van der Waals surface area contributed by atoms with E-state index in [1.54, 1.807) is 12.1 Å². The quantitative estimate of drug-likeness (QED) is 0.647. The van der Waals surface area contributed by atoms with Crippen LogP contribution in [0.5, 0.6) is 11.5 Å². The van der Waals surface area contributed by atoms with Crippen molar-refractivity contribution in [2.24, 2.45) is 11.1 Å². The summed E-state index contributed by atoms with van der Waals surface area (Å²) in [6.45, 7) is 6.89. The van der Waals surface area contributed by atoms with Crippen LogP contribution in [0.4, 0.5) is 4.79 Å². The summed E-state index contributed by atoms with van der Waals surface area (Å²) >= 11 is 0. The van der Waals surface area contributed by atoms with E-state index in [9.17, 15) is 13.2 Å². The zero-order valence-electron chi connectivity index (χ0n) is 17.2. The first-order chi connectivity index (χ1) is 14.1. The summed E-state index contributed by atoms with van der Waals surface area (Å²) in [6, 6.07) is 10.9. The number of hydrogen-bond acceptors (Lipinski definition) is 5. The van der Waals surface area contributed by atoms with Gasteiger partial charge >= 0.3 is 6.03 Å². The Morgan fingerprint density at radius 2 is 1.53 bits per heavy atom. The van der Waals surface area contributed by atoms with Crippen molar-refractivity contribution < 1.29 is 22.7 Å². The molecule has 1 aliphatic heterocycles. The summed E-state index contributed by atoms with van der Waals surface area (Å²) in [4.78, 5) is 12.7. The molecule has 2 aromatic carbocycles. The molecular weight excluding hydrogens is 406 g/mol. The lowest BCUT2D eigenvalue weighted by molar-refractivity contribution is 0.171. The molecule has 2 aromatic rings. The maximum absolute atomic E-state index is 12.6. The van der Waals surface area contributed by atoms with E-state index in [0.717, 1.165) is 11.1 Å². The topological polar surface area (TPSA) is 120 Å². The largest absolute Gasteiger partial charge is 0.486 e. The Hall–Kier alpha value is -2.78. The average Bonchev–Trinajstić information content (AvgIpc) is 2.71. The van der Waals surface area contributed by atoms with Crippen LogP contribution < -0.4 is 25.2 Å². The van der Waals surface area contributed by atoms with Crippen molar-refractivity contribution >= 4 is 16.1 Å². The van der Waals surface area contributed by atoms with Gasteiger partial charge in [-0.2, -0.15) is 0 Å². The SMILES string of the molecule is CC(C)[C@@H](NC(=O)N[C@@H](C)c1ccc(S(N)(=O)=O)cc1)c1ccc2c(c1)OCCO2. The van der Waals surface area contributed by atoms with Gasteiger partial charge in [-0.3, -0.25) is 0 Å². The first-order valence-electron chi connectivity index (χ1n) is 9.74. The van der Waals surface area contributed by atoms with Gasteiger partial charge in [-0.05, 0) is 48.2 Å². The summed E-state index contributed by atoms with van der Waals surface area (Å²) < 4.78 is 34.0. The number of benzene rings is 2. The molecule has 2 amide bonds. The fourth-order valence-corrected chi connectivity index (χ4v) is 3.81. The molecule has 0 saturated carbocycles. The first-order valence-corrected chi connectivity index (χ1v) is 11.3. The summed E-state index contributed by atoms with van der Waals surface area (Å²) in [5, 5.41) is 11.0. The number of ether oxygens (including phenoxy) is 2. The highest BCUT2D eigenvalue weighted by molar-refractivity contribution is 7.89. The number of primary sulfonamides is 1. The molecule has 30 heavy (non-hydrogen) atoms. The summed E-state index contributed by atoms with van der Waals surface area (Å²) in [7, 11) is -3.75. The average molecular weight is 434 g/mol. The lowest BCUT2D eigenvalue weighted by atomic mass is 9.95. The third kappa shape index (κ3) is 5.22. The molecule has 162 valence electrons. The molecule has 0 aromatic heterocycles. The van der Waals surface area contributed by atoms with Gasteiger partial charge < -0.3 is 20.1 Å². The number of carbonyl (C=O) groups excluding carboxylic acids is 1. The number of amides is 2. The second-order valence-corrected chi connectivity index (χ2v) is 9.14. The van der Waals surface area contributed by atoms with Gasteiger partial charge in [0.2, 0.25) is 10.0 Å². The molecule has 0 unspecified atom stereocenters. The Kier molecular flexibility index (Phi) is 6.52. The zero-order chi connectivity index (χ0) is 21.9. The van der Waals surface area contributed by atoms with Crippen molar-refractivity contribution in [1.29, 1.82) is 0 Å². The molecule has 0 saturated heterocycles.